The Morgan fingerprint density at radius 3 is 2.24 bits per heavy atom. The number of benzene rings is 2. The molecule has 0 amide bonds. The lowest BCUT2D eigenvalue weighted by Gasteiger charge is -2.16. The van der Waals surface area contributed by atoms with Crippen LogP contribution in [-0.2, 0) is 32.2 Å². The minimum absolute atomic E-state index is 0.624. The van der Waals surface area contributed by atoms with Gasteiger partial charge in [-0.2, -0.15) is 0 Å². The maximum Gasteiger partial charge on any atom is 0.151 e. The second-order valence-corrected chi connectivity index (χ2v) is 6.84. The van der Waals surface area contributed by atoms with E-state index in [-0.39, 0.29) is 0 Å². The molecule has 3 aromatic rings. The molecule has 0 fully saturated rings. The first-order valence-electron chi connectivity index (χ1n) is 10.4. The summed E-state index contributed by atoms with van der Waals surface area (Å²) in [5, 5.41) is 12.3. The van der Waals surface area contributed by atoms with Crippen LogP contribution in [0.15, 0.2) is 42.5 Å². The average Bonchev–Trinajstić information content (AvgIpc) is 3.20. The molecule has 1 aromatic heterocycles. The minimum Gasteiger partial charge on any atom is -0.493 e. The second-order valence-electron chi connectivity index (χ2n) is 6.84. The van der Waals surface area contributed by atoms with Crippen molar-refractivity contribution in [3.8, 4) is 11.5 Å². The van der Waals surface area contributed by atoms with E-state index >= 15 is 0 Å². The number of aromatic nitrogens is 4. The van der Waals surface area contributed by atoms with Crippen molar-refractivity contribution in [2.45, 2.75) is 53.0 Å². The molecule has 0 saturated carbocycles. The van der Waals surface area contributed by atoms with E-state index < -0.39 is 0 Å². The van der Waals surface area contributed by atoms with Crippen LogP contribution in [0.5, 0.6) is 11.5 Å². The third-order valence-electron chi connectivity index (χ3n) is 4.90. The number of ether oxygens (including phenoxy) is 2. The maximum absolute atomic E-state index is 5.89. The van der Waals surface area contributed by atoms with Crippen molar-refractivity contribution >= 4 is 0 Å². The minimum atomic E-state index is 0.624. The van der Waals surface area contributed by atoms with Gasteiger partial charge in [-0.15, -0.1) is 5.10 Å². The summed E-state index contributed by atoms with van der Waals surface area (Å²) in [6, 6.07) is 14.6. The molecule has 0 aliphatic heterocycles. The third-order valence-corrected chi connectivity index (χ3v) is 4.90. The molecule has 0 aliphatic carbocycles. The molecule has 0 aliphatic rings. The zero-order chi connectivity index (χ0) is 20.5. The van der Waals surface area contributed by atoms with Gasteiger partial charge < -0.3 is 9.47 Å². The van der Waals surface area contributed by atoms with Crippen molar-refractivity contribution in [2.75, 3.05) is 13.2 Å². The van der Waals surface area contributed by atoms with E-state index in [2.05, 4.69) is 52.8 Å². The molecule has 154 valence electrons. The summed E-state index contributed by atoms with van der Waals surface area (Å²) in [7, 11) is 0. The molecule has 0 atom stereocenters. The molecule has 0 bridgehead atoms. The largest absolute Gasteiger partial charge is 0.493 e. The highest BCUT2D eigenvalue weighted by molar-refractivity contribution is 5.47. The van der Waals surface area contributed by atoms with Gasteiger partial charge in [0.25, 0.3) is 0 Å². The Kier molecular flexibility index (Phi) is 7.61. The van der Waals surface area contributed by atoms with Gasteiger partial charge in [-0.25, -0.2) is 4.68 Å². The highest BCUT2D eigenvalue weighted by Gasteiger charge is 2.13. The molecule has 29 heavy (non-hydrogen) atoms. The van der Waals surface area contributed by atoms with Crippen molar-refractivity contribution in [3.05, 3.63) is 65.0 Å². The monoisotopic (exact) mass is 394 g/mol. The van der Waals surface area contributed by atoms with Crippen LogP contribution in [0.2, 0.25) is 0 Å². The maximum atomic E-state index is 5.89. The standard InChI is InChI=1S/C23H30N4O2/c1-4-19-16-20(22(29-6-3)17-21(19)28-5-2)12-13-23-24-25-26-27(23)15-14-18-10-8-7-9-11-18/h7-11,16-17H,4-6,12-15H2,1-3H3. The fourth-order valence-electron chi connectivity index (χ4n) is 3.41. The first-order valence-corrected chi connectivity index (χ1v) is 10.4. The molecule has 3 rings (SSSR count). The molecule has 0 unspecified atom stereocenters. The fourth-order valence-corrected chi connectivity index (χ4v) is 3.41. The summed E-state index contributed by atoms with van der Waals surface area (Å²) < 4.78 is 13.6. The molecule has 0 radical (unpaired) electrons. The number of hydrogen-bond acceptors (Lipinski definition) is 5. The topological polar surface area (TPSA) is 62.1 Å². The van der Waals surface area contributed by atoms with E-state index in [1.165, 1.54) is 16.7 Å². The number of rotatable bonds is 11. The van der Waals surface area contributed by atoms with Gasteiger partial charge in [0.1, 0.15) is 11.5 Å². The van der Waals surface area contributed by atoms with Crippen LogP contribution >= 0.6 is 0 Å². The SMILES string of the molecule is CCOc1cc(OCC)c(CCc2nnnn2CCc2ccccc2)cc1CC. The van der Waals surface area contributed by atoms with Crippen molar-refractivity contribution in [3.63, 3.8) is 0 Å². The van der Waals surface area contributed by atoms with Gasteiger partial charge >= 0.3 is 0 Å². The molecule has 6 nitrogen and oxygen atoms in total. The van der Waals surface area contributed by atoms with Gasteiger partial charge in [-0.3, -0.25) is 0 Å². The van der Waals surface area contributed by atoms with Gasteiger partial charge in [0.05, 0.1) is 13.2 Å². The normalized spacial score (nSPS) is 10.9. The van der Waals surface area contributed by atoms with Gasteiger partial charge in [-0.1, -0.05) is 37.3 Å². The van der Waals surface area contributed by atoms with E-state index in [9.17, 15) is 0 Å². The number of nitrogens with zero attached hydrogens (tertiary/aromatic N) is 4. The Hall–Kier alpha value is -2.89. The van der Waals surface area contributed by atoms with Crippen molar-refractivity contribution in [1.29, 1.82) is 0 Å². The summed E-state index contributed by atoms with van der Waals surface area (Å²) in [6.45, 7) is 8.19. The summed E-state index contributed by atoms with van der Waals surface area (Å²) >= 11 is 0. The van der Waals surface area contributed by atoms with Crippen LogP contribution in [-0.4, -0.2) is 33.4 Å². The molecule has 0 saturated heterocycles. The highest BCUT2D eigenvalue weighted by Crippen LogP contribution is 2.31. The zero-order valence-corrected chi connectivity index (χ0v) is 17.6. The number of hydrogen-bond donors (Lipinski definition) is 0. The Morgan fingerprint density at radius 2 is 1.55 bits per heavy atom. The van der Waals surface area contributed by atoms with E-state index in [1.807, 2.05) is 30.7 Å². The average molecular weight is 395 g/mol. The molecule has 6 heteroatoms. The highest BCUT2D eigenvalue weighted by atomic mass is 16.5. The Bertz CT molecular complexity index is 893. The van der Waals surface area contributed by atoms with Crippen molar-refractivity contribution in [2.24, 2.45) is 0 Å². The zero-order valence-electron chi connectivity index (χ0n) is 17.6. The second kappa shape index (κ2) is 10.6. The Labute approximate surface area is 172 Å². The fraction of sp³-hybridized carbons (Fsp3) is 0.435. The lowest BCUT2D eigenvalue weighted by atomic mass is 10.0. The van der Waals surface area contributed by atoms with Crippen LogP contribution in [0.4, 0.5) is 0 Å². The quantitative estimate of drug-likeness (QED) is 0.491. The summed E-state index contributed by atoms with van der Waals surface area (Å²) in [5.41, 5.74) is 3.66. The smallest absolute Gasteiger partial charge is 0.151 e. The molecular formula is C23H30N4O2. The summed E-state index contributed by atoms with van der Waals surface area (Å²) in [4.78, 5) is 0. The van der Waals surface area contributed by atoms with E-state index in [0.717, 1.165) is 49.6 Å². The molecule has 2 aromatic carbocycles. The Morgan fingerprint density at radius 1 is 0.828 bits per heavy atom. The van der Waals surface area contributed by atoms with Gasteiger partial charge in [0.2, 0.25) is 0 Å². The van der Waals surface area contributed by atoms with Crippen LogP contribution in [0.3, 0.4) is 0 Å². The van der Waals surface area contributed by atoms with Crippen LogP contribution in [0.1, 0.15) is 43.3 Å². The summed E-state index contributed by atoms with van der Waals surface area (Å²) in [6.07, 6.45) is 3.41. The molecular weight excluding hydrogens is 364 g/mol. The third kappa shape index (κ3) is 5.56. The predicted molar refractivity (Wildman–Crippen MR) is 114 cm³/mol. The van der Waals surface area contributed by atoms with Gasteiger partial charge in [0, 0.05) is 19.0 Å². The van der Waals surface area contributed by atoms with Crippen LogP contribution in [0, 0.1) is 0 Å². The molecule has 1 heterocycles. The number of tetrazole rings is 1. The summed E-state index contributed by atoms with van der Waals surface area (Å²) in [5.74, 6) is 2.70. The van der Waals surface area contributed by atoms with Crippen molar-refractivity contribution in [1.82, 2.24) is 20.2 Å². The van der Waals surface area contributed by atoms with Crippen LogP contribution in [0.25, 0.3) is 0 Å². The Balaban J connectivity index is 1.71. The predicted octanol–water partition coefficient (Wildman–Crippen LogP) is 4.06. The molecule has 0 N–H and O–H groups in total. The van der Waals surface area contributed by atoms with E-state index in [1.54, 1.807) is 0 Å². The van der Waals surface area contributed by atoms with E-state index in [4.69, 9.17) is 9.47 Å². The lowest BCUT2D eigenvalue weighted by molar-refractivity contribution is 0.318. The first-order chi connectivity index (χ1) is 14.2. The lowest BCUT2D eigenvalue weighted by Crippen LogP contribution is -2.10. The van der Waals surface area contributed by atoms with Crippen LogP contribution < -0.4 is 9.47 Å². The van der Waals surface area contributed by atoms with Crippen molar-refractivity contribution < 1.29 is 9.47 Å². The van der Waals surface area contributed by atoms with Gasteiger partial charge in [0.15, 0.2) is 5.82 Å². The van der Waals surface area contributed by atoms with E-state index in [0.29, 0.717) is 13.2 Å². The molecule has 0 spiro atoms. The van der Waals surface area contributed by atoms with Gasteiger partial charge in [-0.05, 0) is 66.3 Å². The first kappa shape index (κ1) is 20.8. The number of aryl methyl sites for hydroxylation is 5.